The summed E-state index contributed by atoms with van der Waals surface area (Å²) in [7, 11) is 1.96. The first-order chi connectivity index (χ1) is 17.1. The van der Waals surface area contributed by atoms with Crippen molar-refractivity contribution in [3.8, 4) is 0 Å². The standard InChI is InChI=1S/C29H49N3O3/c1-3-35-20-11-10-18-29(34,25-15-8-5-9-16-25)26-17-12-19-32(23-26)28(33)31-27(22-30-2)21-24-13-6-4-7-14-24/h5,8-9,15-16,24,26-27,30,34H,3-4,6-7,10-14,17-23H2,1-2H3,(H,31,33). The van der Waals surface area contributed by atoms with Crippen LogP contribution in [0.2, 0.25) is 0 Å². The summed E-state index contributed by atoms with van der Waals surface area (Å²) in [6.45, 7) is 5.62. The summed E-state index contributed by atoms with van der Waals surface area (Å²) in [5, 5.41) is 18.7. The molecule has 0 spiro atoms. The number of unbranched alkanes of at least 4 members (excludes halogenated alkanes) is 1. The molecule has 1 aliphatic heterocycles. The Hall–Kier alpha value is -1.63. The van der Waals surface area contributed by atoms with E-state index in [0.29, 0.717) is 13.0 Å². The number of nitrogens with one attached hydrogen (secondary N) is 2. The fourth-order valence-corrected chi connectivity index (χ4v) is 6.14. The number of carbonyl (C=O) groups excluding carboxylic acids is 1. The number of hydrogen-bond acceptors (Lipinski definition) is 4. The maximum atomic E-state index is 13.4. The lowest BCUT2D eigenvalue weighted by Gasteiger charge is -2.43. The minimum atomic E-state index is -0.932. The molecule has 3 unspecified atom stereocenters. The van der Waals surface area contributed by atoms with Gasteiger partial charge >= 0.3 is 6.03 Å². The second kappa shape index (κ2) is 14.8. The SMILES string of the molecule is CCOCCCCC(O)(c1ccccc1)C1CCCN(C(=O)NC(CNC)CC2CCCCC2)C1. The highest BCUT2D eigenvalue weighted by Crippen LogP contribution is 2.39. The molecule has 0 radical (unpaired) electrons. The smallest absolute Gasteiger partial charge is 0.317 e. The number of nitrogens with zero attached hydrogens (tertiary/aromatic N) is 1. The van der Waals surface area contributed by atoms with Crippen LogP contribution in [-0.4, -0.2) is 62.0 Å². The van der Waals surface area contributed by atoms with Crippen LogP contribution in [-0.2, 0) is 10.3 Å². The van der Waals surface area contributed by atoms with E-state index < -0.39 is 5.60 Å². The highest BCUT2D eigenvalue weighted by molar-refractivity contribution is 5.74. The Balaban J connectivity index is 1.63. The van der Waals surface area contributed by atoms with Crippen LogP contribution in [0.15, 0.2) is 30.3 Å². The molecule has 1 aliphatic carbocycles. The average Bonchev–Trinajstić information content (AvgIpc) is 2.89. The summed E-state index contributed by atoms with van der Waals surface area (Å²) in [4.78, 5) is 15.3. The summed E-state index contributed by atoms with van der Waals surface area (Å²) in [5.41, 5.74) is 0.0350. The Morgan fingerprint density at radius 3 is 2.63 bits per heavy atom. The Kier molecular flexibility index (Phi) is 11.8. The van der Waals surface area contributed by atoms with Crippen molar-refractivity contribution in [2.45, 2.75) is 89.2 Å². The molecule has 1 saturated carbocycles. The summed E-state index contributed by atoms with van der Waals surface area (Å²) < 4.78 is 5.51. The molecule has 2 aliphatic rings. The van der Waals surface area contributed by atoms with E-state index in [-0.39, 0.29) is 18.0 Å². The molecule has 6 nitrogen and oxygen atoms in total. The van der Waals surface area contributed by atoms with E-state index in [9.17, 15) is 9.90 Å². The Bertz CT molecular complexity index is 725. The van der Waals surface area contributed by atoms with Crippen LogP contribution < -0.4 is 10.6 Å². The van der Waals surface area contributed by atoms with Crippen molar-refractivity contribution in [3.63, 3.8) is 0 Å². The van der Waals surface area contributed by atoms with Gasteiger partial charge in [-0.2, -0.15) is 0 Å². The van der Waals surface area contributed by atoms with Gasteiger partial charge in [0.15, 0.2) is 0 Å². The minimum absolute atomic E-state index is 0.0255. The Morgan fingerprint density at radius 1 is 1.14 bits per heavy atom. The minimum Gasteiger partial charge on any atom is -0.385 e. The van der Waals surface area contributed by atoms with Crippen molar-refractivity contribution >= 4 is 6.03 Å². The molecule has 1 aromatic rings. The van der Waals surface area contributed by atoms with Crippen LogP contribution in [0.3, 0.4) is 0 Å². The fraction of sp³-hybridized carbons (Fsp3) is 0.759. The molecule has 1 aromatic carbocycles. The molecule has 3 atom stereocenters. The van der Waals surface area contributed by atoms with E-state index in [1.165, 1.54) is 32.1 Å². The first-order valence-electron chi connectivity index (χ1n) is 14.1. The van der Waals surface area contributed by atoms with Crippen LogP contribution in [0.1, 0.15) is 83.1 Å². The molecule has 0 bridgehead atoms. The van der Waals surface area contributed by atoms with Gasteiger partial charge in [-0.15, -0.1) is 0 Å². The highest BCUT2D eigenvalue weighted by Gasteiger charge is 2.41. The summed E-state index contributed by atoms with van der Waals surface area (Å²) in [5.74, 6) is 0.744. The number of rotatable bonds is 13. The number of ether oxygens (including phenoxy) is 1. The average molecular weight is 488 g/mol. The molecule has 3 rings (SSSR count). The highest BCUT2D eigenvalue weighted by atomic mass is 16.5. The first kappa shape index (κ1) is 27.9. The zero-order valence-corrected chi connectivity index (χ0v) is 22.1. The molecule has 1 heterocycles. The van der Waals surface area contributed by atoms with E-state index in [0.717, 1.165) is 69.9 Å². The topological polar surface area (TPSA) is 73.8 Å². The quantitative estimate of drug-likeness (QED) is 0.340. The van der Waals surface area contributed by atoms with Gasteiger partial charge in [-0.1, -0.05) is 62.4 Å². The molecule has 1 saturated heterocycles. The van der Waals surface area contributed by atoms with E-state index in [4.69, 9.17) is 4.74 Å². The lowest BCUT2D eigenvalue weighted by Crippen LogP contribution is -2.54. The second-order valence-electron chi connectivity index (χ2n) is 10.7. The van der Waals surface area contributed by atoms with Crippen molar-refractivity contribution in [2.24, 2.45) is 11.8 Å². The number of carbonyl (C=O) groups is 1. The van der Waals surface area contributed by atoms with E-state index in [1.54, 1.807) is 0 Å². The zero-order valence-electron chi connectivity index (χ0n) is 22.1. The van der Waals surface area contributed by atoms with Crippen molar-refractivity contribution in [3.05, 3.63) is 35.9 Å². The molecule has 6 heteroatoms. The van der Waals surface area contributed by atoms with Crippen molar-refractivity contribution in [1.29, 1.82) is 0 Å². The number of hydrogen-bond donors (Lipinski definition) is 3. The van der Waals surface area contributed by atoms with E-state index in [1.807, 2.05) is 49.2 Å². The number of amides is 2. The first-order valence-corrected chi connectivity index (χ1v) is 14.1. The van der Waals surface area contributed by atoms with Crippen molar-refractivity contribution in [1.82, 2.24) is 15.5 Å². The van der Waals surface area contributed by atoms with Crippen LogP contribution in [0.25, 0.3) is 0 Å². The monoisotopic (exact) mass is 487 g/mol. The van der Waals surface area contributed by atoms with Crippen LogP contribution >= 0.6 is 0 Å². The number of urea groups is 1. The molecule has 198 valence electrons. The van der Waals surface area contributed by atoms with Crippen LogP contribution in [0.4, 0.5) is 4.79 Å². The number of likely N-dealkylation sites (tertiary alicyclic amines) is 1. The molecule has 0 aromatic heterocycles. The molecule has 3 N–H and O–H groups in total. The summed E-state index contributed by atoms with van der Waals surface area (Å²) >= 11 is 0. The molecule has 2 fully saturated rings. The summed E-state index contributed by atoms with van der Waals surface area (Å²) in [6, 6.07) is 10.3. The number of piperidine rings is 1. The van der Waals surface area contributed by atoms with Gasteiger partial charge in [0.1, 0.15) is 0 Å². The number of likely N-dealkylation sites (N-methyl/N-ethyl adjacent to an activating group) is 1. The third-order valence-corrected chi connectivity index (χ3v) is 8.08. The lowest BCUT2D eigenvalue weighted by atomic mass is 9.74. The molecular weight excluding hydrogens is 438 g/mol. The van der Waals surface area contributed by atoms with Gasteiger partial charge in [-0.25, -0.2) is 4.79 Å². The van der Waals surface area contributed by atoms with Gasteiger partial charge in [-0.05, 0) is 64.0 Å². The van der Waals surface area contributed by atoms with E-state index in [2.05, 4.69) is 10.6 Å². The normalized spacial score (nSPS) is 21.9. The Morgan fingerprint density at radius 2 is 1.91 bits per heavy atom. The van der Waals surface area contributed by atoms with Gasteiger partial charge in [0.25, 0.3) is 0 Å². The Labute approximate surface area is 213 Å². The lowest BCUT2D eigenvalue weighted by molar-refractivity contribution is -0.0565. The van der Waals surface area contributed by atoms with E-state index >= 15 is 0 Å². The number of aliphatic hydroxyl groups is 1. The predicted octanol–water partition coefficient (Wildman–Crippen LogP) is 5.06. The number of benzene rings is 1. The van der Waals surface area contributed by atoms with Crippen molar-refractivity contribution < 1.29 is 14.6 Å². The van der Waals surface area contributed by atoms with Gasteiger partial charge in [0.2, 0.25) is 0 Å². The van der Waals surface area contributed by atoms with Crippen LogP contribution in [0.5, 0.6) is 0 Å². The maximum Gasteiger partial charge on any atom is 0.317 e. The largest absolute Gasteiger partial charge is 0.385 e. The summed E-state index contributed by atoms with van der Waals surface area (Å²) in [6.07, 6.45) is 12.0. The zero-order chi connectivity index (χ0) is 24.9. The molecule has 2 amide bonds. The van der Waals surface area contributed by atoms with Gasteiger partial charge in [-0.3, -0.25) is 0 Å². The van der Waals surface area contributed by atoms with Crippen LogP contribution in [0, 0.1) is 11.8 Å². The van der Waals surface area contributed by atoms with Gasteiger partial charge in [0, 0.05) is 44.8 Å². The van der Waals surface area contributed by atoms with Gasteiger partial charge < -0.3 is 25.4 Å². The van der Waals surface area contributed by atoms with Crippen molar-refractivity contribution in [2.75, 3.05) is 39.9 Å². The third-order valence-electron chi connectivity index (χ3n) is 8.08. The third kappa shape index (κ3) is 8.47. The second-order valence-corrected chi connectivity index (χ2v) is 10.7. The maximum absolute atomic E-state index is 13.4. The van der Waals surface area contributed by atoms with Gasteiger partial charge in [0.05, 0.1) is 5.60 Å². The molecule has 35 heavy (non-hydrogen) atoms. The fourth-order valence-electron chi connectivity index (χ4n) is 6.14. The molecular formula is C29H49N3O3. The predicted molar refractivity (Wildman–Crippen MR) is 142 cm³/mol.